The van der Waals surface area contributed by atoms with Crippen molar-refractivity contribution < 1.29 is 14.3 Å². The summed E-state index contributed by atoms with van der Waals surface area (Å²) in [6.07, 6.45) is 2.81. The molecule has 0 bridgehead atoms. The van der Waals surface area contributed by atoms with Crippen LogP contribution in [-0.4, -0.2) is 51.5 Å². The zero-order valence-electron chi connectivity index (χ0n) is 15.9. The number of aliphatic hydroxyl groups is 1. The highest BCUT2D eigenvalue weighted by atomic mass is 35.5. The van der Waals surface area contributed by atoms with Gasteiger partial charge in [-0.25, -0.2) is 0 Å². The number of carbonyl (C=O) groups is 1. The zero-order valence-corrected chi connectivity index (χ0v) is 16.6. The van der Waals surface area contributed by atoms with Gasteiger partial charge in [0.2, 0.25) is 5.91 Å². The van der Waals surface area contributed by atoms with Gasteiger partial charge in [0.1, 0.15) is 11.5 Å². The molecule has 150 valence electrons. The van der Waals surface area contributed by atoms with Gasteiger partial charge >= 0.3 is 0 Å². The molecule has 1 fully saturated rings. The number of amides is 1. The van der Waals surface area contributed by atoms with Gasteiger partial charge in [-0.15, -0.1) is 0 Å². The van der Waals surface area contributed by atoms with Crippen molar-refractivity contribution in [1.82, 2.24) is 14.8 Å². The largest absolute Gasteiger partial charge is 0.460 e. The van der Waals surface area contributed by atoms with E-state index in [1.807, 2.05) is 53.4 Å². The van der Waals surface area contributed by atoms with Gasteiger partial charge < -0.3 is 14.4 Å². The minimum absolute atomic E-state index is 0.0247. The SMILES string of the molecule is O=C1CN(Cc2ccc(-c3ccccc3Cl)o2)CC(O)CN1Cc1cccnc1. The van der Waals surface area contributed by atoms with Crippen LogP contribution in [0.15, 0.2) is 65.3 Å². The smallest absolute Gasteiger partial charge is 0.237 e. The van der Waals surface area contributed by atoms with E-state index in [9.17, 15) is 9.90 Å². The third-order valence-corrected chi connectivity index (χ3v) is 5.22. The quantitative estimate of drug-likeness (QED) is 0.698. The molecule has 2 aromatic heterocycles. The molecule has 0 radical (unpaired) electrons. The van der Waals surface area contributed by atoms with Crippen LogP contribution in [0.3, 0.4) is 0 Å². The number of aromatic nitrogens is 1. The monoisotopic (exact) mass is 411 g/mol. The fourth-order valence-electron chi connectivity index (χ4n) is 3.54. The predicted octanol–water partition coefficient (Wildman–Crippen LogP) is 3.20. The van der Waals surface area contributed by atoms with Crippen LogP contribution < -0.4 is 0 Å². The van der Waals surface area contributed by atoms with Crippen LogP contribution in [0.5, 0.6) is 0 Å². The Balaban J connectivity index is 1.43. The van der Waals surface area contributed by atoms with E-state index in [1.54, 1.807) is 17.3 Å². The second-order valence-electron chi connectivity index (χ2n) is 7.20. The highest BCUT2D eigenvalue weighted by molar-refractivity contribution is 6.33. The average molecular weight is 412 g/mol. The molecule has 0 aliphatic carbocycles. The van der Waals surface area contributed by atoms with Crippen molar-refractivity contribution >= 4 is 17.5 Å². The van der Waals surface area contributed by atoms with Crippen LogP contribution in [0.1, 0.15) is 11.3 Å². The lowest BCUT2D eigenvalue weighted by Crippen LogP contribution is -2.36. The minimum atomic E-state index is -0.629. The molecule has 1 aromatic carbocycles. The summed E-state index contributed by atoms with van der Waals surface area (Å²) < 4.78 is 5.95. The summed E-state index contributed by atoms with van der Waals surface area (Å²) in [4.78, 5) is 20.4. The number of benzene rings is 1. The number of pyridine rings is 1. The van der Waals surface area contributed by atoms with Crippen LogP contribution in [0, 0.1) is 0 Å². The Labute approximate surface area is 174 Å². The summed E-state index contributed by atoms with van der Waals surface area (Å²) >= 11 is 6.24. The molecule has 1 aliphatic rings. The highest BCUT2D eigenvalue weighted by Gasteiger charge is 2.27. The molecule has 7 heteroatoms. The van der Waals surface area contributed by atoms with E-state index in [4.69, 9.17) is 16.0 Å². The third kappa shape index (κ3) is 4.85. The number of furan rings is 1. The normalized spacial score (nSPS) is 18.1. The summed E-state index contributed by atoms with van der Waals surface area (Å²) in [7, 11) is 0. The number of carbonyl (C=O) groups excluding carboxylic acids is 1. The number of hydrogen-bond acceptors (Lipinski definition) is 5. The Morgan fingerprint density at radius 2 is 1.97 bits per heavy atom. The highest BCUT2D eigenvalue weighted by Crippen LogP contribution is 2.29. The van der Waals surface area contributed by atoms with Crippen molar-refractivity contribution in [2.45, 2.75) is 19.2 Å². The van der Waals surface area contributed by atoms with Gasteiger partial charge in [0.05, 0.1) is 24.2 Å². The van der Waals surface area contributed by atoms with Crippen molar-refractivity contribution in [1.29, 1.82) is 0 Å². The first-order chi connectivity index (χ1) is 14.1. The third-order valence-electron chi connectivity index (χ3n) is 4.89. The van der Waals surface area contributed by atoms with Gasteiger partial charge in [0.25, 0.3) is 0 Å². The van der Waals surface area contributed by atoms with E-state index < -0.39 is 6.10 Å². The molecule has 1 unspecified atom stereocenters. The number of β-amino-alcohol motifs (C(OH)–C–C–N with tert-alkyl or cyclic N) is 1. The van der Waals surface area contributed by atoms with E-state index in [-0.39, 0.29) is 12.5 Å². The van der Waals surface area contributed by atoms with Gasteiger partial charge in [-0.1, -0.05) is 29.8 Å². The molecule has 1 saturated heterocycles. The van der Waals surface area contributed by atoms with Gasteiger partial charge in [0.15, 0.2) is 0 Å². The molecule has 0 spiro atoms. The van der Waals surface area contributed by atoms with E-state index in [2.05, 4.69) is 4.98 Å². The molecular weight excluding hydrogens is 390 g/mol. The second kappa shape index (κ2) is 8.78. The molecule has 0 saturated carbocycles. The summed E-state index contributed by atoms with van der Waals surface area (Å²) in [5.41, 5.74) is 1.77. The molecule has 1 amide bonds. The Hall–Kier alpha value is -2.67. The molecule has 1 N–H and O–H groups in total. The lowest BCUT2D eigenvalue weighted by molar-refractivity contribution is -0.132. The molecule has 3 heterocycles. The molecule has 1 aliphatic heterocycles. The van der Waals surface area contributed by atoms with Crippen molar-refractivity contribution in [2.24, 2.45) is 0 Å². The Bertz CT molecular complexity index is 976. The fourth-order valence-corrected chi connectivity index (χ4v) is 3.77. The van der Waals surface area contributed by atoms with Crippen molar-refractivity contribution in [3.63, 3.8) is 0 Å². The van der Waals surface area contributed by atoms with Crippen LogP contribution >= 0.6 is 11.6 Å². The van der Waals surface area contributed by atoms with Crippen molar-refractivity contribution in [3.05, 3.63) is 77.3 Å². The molecule has 4 rings (SSSR count). The van der Waals surface area contributed by atoms with Crippen molar-refractivity contribution in [3.8, 4) is 11.3 Å². The predicted molar refractivity (Wildman–Crippen MR) is 110 cm³/mol. The zero-order chi connectivity index (χ0) is 20.2. The molecular formula is C22H22ClN3O3. The number of aliphatic hydroxyl groups excluding tert-OH is 1. The first-order valence-electron chi connectivity index (χ1n) is 9.49. The first kappa shape index (κ1) is 19.6. The number of nitrogens with zero attached hydrogens (tertiary/aromatic N) is 3. The Morgan fingerprint density at radius 3 is 2.76 bits per heavy atom. The number of hydrogen-bond donors (Lipinski definition) is 1. The van der Waals surface area contributed by atoms with E-state index >= 15 is 0 Å². The van der Waals surface area contributed by atoms with Gasteiger partial charge in [-0.2, -0.15) is 0 Å². The summed E-state index contributed by atoms with van der Waals surface area (Å²) in [6, 6.07) is 15.0. The van der Waals surface area contributed by atoms with E-state index in [0.717, 1.165) is 16.9 Å². The second-order valence-corrected chi connectivity index (χ2v) is 7.61. The number of halogens is 1. The standard InChI is InChI=1S/C22H22ClN3O3/c23-20-6-2-1-5-19(20)21-8-7-18(29-21)14-25-12-17(27)13-26(22(28)15-25)11-16-4-3-9-24-10-16/h1-10,17,27H,11-15H2. The molecule has 6 nitrogen and oxygen atoms in total. The maximum absolute atomic E-state index is 12.7. The Kier molecular flexibility index (Phi) is 5.94. The van der Waals surface area contributed by atoms with Crippen LogP contribution in [-0.2, 0) is 17.9 Å². The first-order valence-corrected chi connectivity index (χ1v) is 9.87. The molecule has 29 heavy (non-hydrogen) atoms. The van der Waals surface area contributed by atoms with Crippen LogP contribution in [0.4, 0.5) is 0 Å². The maximum Gasteiger partial charge on any atom is 0.237 e. The molecule has 3 aromatic rings. The van der Waals surface area contributed by atoms with Crippen LogP contribution in [0.25, 0.3) is 11.3 Å². The Morgan fingerprint density at radius 1 is 1.10 bits per heavy atom. The van der Waals surface area contributed by atoms with Crippen molar-refractivity contribution in [2.75, 3.05) is 19.6 Å². The van der Waals surface area contributed by atoms with Gasteiger partial charge in [-0.05, 0) is 35.9 Å². The fraction of sp³-hybridized carbons (Fsp3) is 0.273. The van der Waals surface area contributed by atoms with E-state index in [0.29, 0.717) is 37.0 Å². The molecule has 1 atom stereocenters. The maximum atomic E-state index is 12.7. The summed E-state index contributed by atoms with van der Waals surface area (Å²) in [6.45, 7) is 1.80. The topological polar surface area (TPSA) is 69.8 Å². The van der Waals surface area contributed by atoms with Gasteiger partial charge in [-0.3, -0.25) is 14.7 Å². The average Bonchev–Trinajstić information content (AvgIpc) is 3.11. The van der Waals surface area contributed by atoms with Crippen LogP contribution in [0.2, 0.25) is 5.02 Å². The summed E-state index contributed by atoms with van der Waals surface area (Å²) in [5.74, 6) is 1.38. The summed E-state index contributed by atoms with van der Waals surface area (Å²) in [5, 5.41) is 11.0. The lowest BCUT2D eigenvalue weighted by Gasteiger charge is -2.21. The lowest BCUT2D eigenvalue weighted by atomic mass is 10.2. The minimum Gasteiger partial charge on any atom is -0.460 e. The van der Waals surface area contributed by atoms with Gasteiger partial charge in [0, 0.05) is 37.6 Å². The van der Waals surface area contributed by atoms with E-state index in [1.165, 1.54) is 0 Å². The number of rotatable bonds is 5.